The number of methoxy groups -OCH3 is 1. The van der Waals surface area contributed by atoms with E-state index in [4.69, 9.17) is 21.1 Å². The predicted molar refractivity (Wildman–Crippen MR) is 89.2 cm³/mol. The third-order valence-electron chi connectivity index (χ3n) is 4.15. The van der Waals surface area contributed by atoms with Crippen molar-refractivity contribution < 1.29 is 14.3 Å². The summed E-state index contributed by atoms with van der Waals surface area (Å²) in [6, 6.07) is 2.05. The first kappa shape index (κ1) is 15.7. The molecule has 0 spiro atoms. The Morgan fingerprint density at radius 2 is 2.29 bits per heavy atom. The van der Waals surface area contributed by atoms with Gasteiger partial charge in [-0.2, -0.15) is 0 Å². The molecule has 0 amide bonds. The van der Waals surface area contributed by atoms with Crippen LogP contribution in [0.15, 0.2) is 12.3 Å². The quantitative estimate of drug-likeness (QED) is 0.642. The van der Waals surface area contributed by atoms with E-state index in [1.165, 1.54) is 18.4 Å². The third kappa shape index (κ3) is 2.97. The van der Waals surface area contributed by atoms with Crippen LogP contribution in [0.4, 0.5) is 5.69 Å². The van der Waals surface area contributed by atoms with E-state index in [0.717, 1.165) is 27.7 Å². The number of nitrogens with zero attached hydrogens (tertiary/aromatic N) is 3. The molecule has 0 aromatic carbocycles. The minimum atomic E-state index is -0.183. The number of nitrogens with one attached hydrogen (secondary N) is 1. The van der Waals surface area contributed by atoms with E-state index in [1.54, 1.807) is 12.3 Å². The van der Waals surface area contributed by atoms with Gasteiger partial charge in [-0.1, -0.05) is 22.9 Å². The lowest BCUT2D eigenvalue weighted by atomic mass is 10.2. The normalized spacial score (nSPS) is 22.8. The van der Waals surface area contributed by atoms with Crippen molar-refractivity contribution in [1.29, 1.82) is 0 Å². The molecule has 2 aromatic heterocycles. The van der Waals surface area contributed by atoms with Crippen molar-refractivity contribution in [2.75, 3.05) is 25.6 Å². The van der Waals surface area contributed by atoms with Crippen LogP contribution in [-0.4, -0.2) is 47.5 Å². The minimum absolute atomic E-state index is 0.0936. The molecule has 4 rings (SSSR count). The zero-order valence-corrected chi connectivity index (χ0v) is 14.4. The van der Waals surface area contributed by atoms with E-state index in [0.29, 0.717) is 18.4 Å². The van der Waals surface area contributed by atoms with Crippen LogP contribution in [0.2, 0.25) is 5.15 Å². The second kappa shape index (κ2) is 6.27. The van der Waals surface area contributed by atoms with Gasteiger partial charge in [0.05, 0.1) is 37.8 Å². The number of hydrogen-bond acceptors (Lipinski definition) is 8. The molecule has 2 unspecified atom stereocenters. The maximum atomic E-state index is 11.6. The Hall–Kier alpha value is -1.77. The van der Waals surface area contributed by atoms with Crippen molar-refractivity contribution in [2.24, 2.45) is 5.92 Å². The number of pyridine rings is 1. The Bertz CT molecular complexity index is 780. The molecule has 3 heterocycles. The first-order chi connectivity index (χ1) is 11.7. The van der Waals surface area contributed by atoms with E-state index in [-0.39, 0.29) is 23.8 Å². The number of aromatic nitrogens is 3. The van der Waals surface area contributed by atoms with Crippen molar-refractivity contribution in [3.05, 3.63) is 22.4 Å². The molecule has 9 heteroatoms. The second-order valence-corrected chi connectivity index (χ2v) is 7.24. The molecule has 24 heavy (non-hydrogen) atoms. The van der Waals surface area contributed by atoms with Crippen LogP contribution in [0.5, 0.6) is 0 Å². The van der Waals surface area contributed by atoms with Gasteiger partial charge in [0, 0.05) is 17.8 Å². The molecular weight excluding hydrogens is 352 g/mol. The van der Waals surface area contributed by atoms with Gasteiger partial charge in [-0.3, -0.25) is 4.79 Å². The van der Waals surface area contributed by atoms with Crippen molar-refractivity contribution in [3.63, 3.8) is 0 Å². The van der Waals surface area contributed by atoms with Crippen molar-refractivity contribution in [3.8, 4) is 10.6 Å². The lowest BCUT2D eigenvalue weighted by Gasteiger charge is -2.28. The van der Waals surface area contributed by atoms with E-state index >= 15 is 0 Å². The SMILES string of the molecule is COC(=O)C1CC1c1nnc(-c2cnc(Cl)cc2NC2COC2)s1. The zero-order valence-electron chi connectivity index (χ0n) is 12.9. The van der Waals surface area contributed by atoms with E-state index in [2.05, 4.69) is 20.5 Å². The largest absolute Gasteiger partial charge is 0.469 e. The summed E-state index contributed by atoms with van der Waals surface area (Å²) in [6.45, 7) is 1.34. The highest BCUT2D eigenvalue weighted by Gasteiger charge is 2.47. The molecule has 0 radical (unpaired) electrons. The molecule has 7 nitrogen and oxygen atoms in total. The van der Waals surface area contributed by atoms with Gasteiger partial charge in [-0.15, -0.1) is 10.2 Å². The average Bonchev–Trinajstić information content (AvgIpc) is 3.20. The van der Waals surface area contributed by atoms with Crippen LogP contribution in [0.25, 0.3) is 10.6 Å². The van der Waals surface area contributed by atoms with Gasteiger partial charge >= 0.3 is 5.97 Å². The Morgan fingerprint density at radius 1 is 1.46 bits per heavy atom. The summed E-state index contributed by atoms with van der Waals surface area (Å²) in [7, 11) is 1.41. The number of carbonyl (C=O) groups is 1. The lowest BCUT2D eigenvalue weighted by molar-refractivity contribution is -0.142. The van der Waals surface area contributed by atoms with E-state index in [9.17, 15) is 4.79 Å². The van der Waals surface area contributed by atoms with Crippen LogP contribution in [0, 0.1) is 5.92 Å². The monoisotopic (exact) mass is 366 g/mol. The van der Waals surface area contributed by atoms with Crippen LogP contribution < -0.4 is 5.32 Å². The summed E-state index contributed by atoms with van der Waals surface area (Å²) in [6.07, 6.45) is 2.46. The maximum Gasteiger partial charge on any atom is 0.309 e. The summed E-state index contributed by atoms with van der Waals surface area (Å²) in [5, 5.41) is 13.9. The molecule has 1 N–H and O–H groups in total. The number of anilines is 1. The summed E-state index contributed by atoms with van der Waals surface area (Å²) in [4.78, 5) is 15.7. The van der Waals surface area contributed by atoms with Crippen LogP contribution in [-0.2, 0) is 14.3 Å². The van der Waals surface area contributed by atoms with Crippen molar-refractivity contribution >= 4 is 34.6 Å². The van der Waals surface area contributed by atoms with E-state index in [1.807, 2.05) is 0 Å². The van der Waals surface area contributed by atoms with Gasteiger partial charge in [-0.05, 0) is 12.5 Å². The fourth-order valence-electron chi connectivity index (χ4n) is 2.63. The molecule has 2 atom stereocenters. The maximum absolute atomic E-state index is 11.6. The number of ether oxygens (including phenoxy) is 2. The molecule has 1 saturated carbocycles. The Balaban J connectivity index is 1.57. The standard InChI is InChI=1S/C15H15ClN4O3S/c1-22-15(21)9-2-8(9)13-19-20-14(24-13)10-4-17-12(16)3-11(10)18-7-5-23-6-7/h3-4,7-9H,2,5-6H2,1H3,(H,17,18). The first-order valence-corrected chi connectivity index (χ1v) is 8.76. The molecule has 2 aromatic rings. The molecular formula is C15H15ClN4O3S. The average molecular weight is 367 g/mol. The van der Waals surface area contributed by atoms with Crippen LogP contribution in [0.1, 0.15) is 17.3 Å². The number of hydrogen-bond donors (Lipinski definition) is 1. The summed E-state index contributed by atoms with van der Waals surface area (Å²) in [5.41, 5.74) is 1.72. The highest BCUT2D eigenvalue weighted by Crippen LogP contribution is 2.50. The van der Waals surface area contributed by atoms with Gasteiger partial charge in [0.1, 0.15) is 10.2 Å². The van der Waals surface area contributed by atoms with Gasteiger partial charge in [0.15, 0.2) is 5.01 Å². The molecule has 1 saturated heterocycles. The van der Waals surface area contributed by atoms with Gasteiger partial charge < -0.3 is 14.8 Å². The third-order valence-corrected chi connectivity index (χ3v) is 5.45. The van der Waals surface area contributed by atoms with Gasteiger partial charge in [0.2, 0.25) is 0 Å². The molecule has 2 fully saturated rings. The lowest BCUT2D eigenvalue weighted by Crippen LogP contribution is -2.40. The second-order valence-electron chi connectivity index (χ2n) is 5.85. The summed E-state index contributed by atoms with van der Waals surface area (Å²) < 4.78 is 9.97. The van der Waals surface area contributed by atoms with Gasteiger partial charge in [-0.25, -0.2) is 4.98 Å². The number of halogens is 1. The number of rotatable bonds is 5. The molecule has 0 bridgehead atoms. The first-order valence-electron chi connectivity index (χ1n) is 7.57. The highest BCUT2D eigenvalue weighted by atomic mass is 35.5. The van der Waals surface area contributed by atoms with Crippen LogP contribution >= 0.6 is 22.9 Å². The summed E-state index contributed by atoms with van der Waals surface area (Å²) in [5.74, 6) is -0.165. The number of esters is 1. The fraction of sp³-hybridized carbons (Fsp3) is 0.467. The summed E-state index contributed by atoms with van der Waals surface area (Å²) >= 11 is 7.49. The fourth-order valence-corrected chi connectivity index (χ4v) is 3.84. The van der Waals surface area contributed by atoms with Crippen molar-refractivity contribution in [2.45, 2.75) is 18.4 Å². The smallest absolute Gasteiger partial charge is 0.309 e. The molecule has 1 aliphatic carbocycles. The molecule has 1 aliphatic heterocycles. The Morgan fingerprint density at radius 3 is 3.00 bits per heavy atom. The highest BCUT2D eigenvalue weighted by molar-refractivity contribution is 7.14. The number of carbonyl (C=O) groups excluding carboxylic acids is 1. The topological polar surface area (TPSA) is 86.2 Å². The van der Waals surface area contributed by atoms with E-state index < -0.39 is 0 Å². The predicted octanol–water partition coefficient (Wildman–Crippen LogP) is 2.34. The van der Waals surface area contributed by atoms with Crippen LogP contribution in [0.3, 0.4) is 0 Å². The minimum Gasteiger partial charge on any atom is -0.469 e. The van der Waals surface area contributed by atoms with Crippen molar-refractivity contribution in [1.82, 2.24) is 15.2 Å². The van der Waals surface area contributed by atoms with Gasteiger partial charge in [0.25, 0.3) is 0 Å². The molecule has 2 aliphatic rings. The molecule has 126 valence electrons. The Kier molecular flexibility index (Phi) is 4.11. The zero-order chi connectivity index (χ0) is 16.7. The Labute approximate surface area is 147 Å².